The molecule has 4 aromatic rings. The highest BCUT2D eigenvalue weighted by molar-refractivity contribution is 6.30. The van der Waals surface area contributed by atoms with Crippen LogP contribution in [0.15, 0.2) is 84.9 Å². The molecule has 0 aromatic heterocycles. The highest BCUT2D eigenvalue weighted by Crippen LogP contribution is 2.44. The number of para-hydroxylation sites is 1. The van der Waals surface area contributed by atoms with E-state index in [-0.39, 0.29) is 30.6 Å². The zero-order valence-corrected chi connectivity index (χ0v) is 25.4. The molecule has 1 saturated heterocycles. The second-order valence-electron chi connectivity index (χ2n) is 10.9. The maximum absolute atomic E-state index is 14.3. The quantitative estimate of drug-likeness (QED) is 0.205. The Kier molecular flexibility index (Phi) is 9.02. The largest absolute Gasteiger partial charge is 0.496 e. The Hall–Kier alpha value is -4.36. The fourth-order valence-corrected chi connectivity index (χ4v) is 5.77. The zero-order valence-electron chi connectivity index (χ0n) is 24.6. The minimum Gasteiger partial charge on any atom is -0.496 e. The third-order valence-electron chi connectivity index (χ3n) is 7.85. The molecular weight excluding hydrogens is 567 g/mol. The van der Waals surface area contributed by atoms with Crippen molar-refractivity contribution < 1.29 is 23.5 Å². The molecule has 0 saturated carbocycles. The number of hydrogen-bond acceptors (Lipinski definition) is 4. The summed E-state index contributed by atoms with van der Waals surface area (Å²) in [5.41, 5.74) is 3.77. The predicted molar refractivity (Wildman–Crippen MR) is 166 cm³/mol. The van der Waals surface area contributed by atoms with Crippen LogP contribution in [0.3, 0.4) is 0 Å². The molecule has 0 spiro atoms. The van der Waals surface area contributed by atoms with Crippen molar-refractivity contribution in [1.29, 1.82) is 0 Å². The van der Waals surface area contributed by atoms with Gasteiger partial charge in [-0.05, 0) is 74.4 Å². The van der Waals surface area contributed by atoms with Crippen LogP contribution >= 0.6 is 11.6 Å². The molecule has 0 aliphatic carbocycles. The Balaban J connectivity index is 1.48. The third kappa shape index (κ3) is 6.52. The number of ether oxygens (including phenoxy) is 2. The summed E-state index contributed by atoms with van der Waals surface area (Å²) < 4.78 is 25.7. The maximum Gasteiger partial charge on any atom is 0.228 e. The first-order valence-corrected chi connectivity index (χ1v) is 14.5. The van der Waals surface area contributed by atoms with Gasteiger partial charge in [0.25, 0.3) is 0 Å². The van der Waals surface area contributed by atoms with Gasteiger partial charge in [0, 0.05) is 41.9 Å². The van der Waals surface area contributed by atoms with Crippen LogP contribution < -0.4 is 14.4 Å². The minimum atomic E-state index is -0.571. The Morgan fingerprint density at radius 3 is 2.47 bits per heavy atom. The Morgan fingerprint density at radius 1 is 1.00 bits per heavy atom. The molecule has 0 N–H and O–H groups in total. The van der Waals surface area contributed by atoms with Gasteiger partial charge in [0.05, 0.1) is 19.1 Å². The summed E-state index contributed by atoms with van der Waals surface area (Å²) in [5.74, 6) is 0.541. The van der Waals surface area contributed by atoms with Crippen LogP contribution in [-0.4, -0.2) is 30.9 Å². The van der Waals surface area contributed by atoms with Crippen molar-refractivity contribution >= 4 is 29.1 Å². The lowest BCUT2D eigenvalue weighted by molar-refractivity contribution is -0.137. The minimum absolute atomic E-state index is 0.0468. The van der Waals surface area contributed by atoms with Crippen LogP contribution in [0.1, 0.15) is 41.1 Å². The summed E-state index contributed by atoms with van der Waals surface area (Å²) in [6.45, 7) is 3.90. The molecule has 0 radical (unpaired) electrons. The van der Waals surface area contributed by atoms with Crippen LogP contribution in [0.25, 0.3) is 0 Å². The van der Waals surface area contributed by atoms with E-state index in [0.29, 0.717) is 34.3 Å². The molecule has 1 fully saturated rings. The van der Waals surface area contributed by atoms with Crippen molar-refractivity contribution in [1.82, 2.24) is 4.90 Å². The van der Waals surface area contributed by atoms with Gasteiger partial charge in [0.1, 0.15) is 23.1 Å². The van der Waals surface area contributed by atoms with Gasteiger partial charge < -0.3 is 19.3 Å². The first-order valence-electron chi connectivity index (χ1n) is 14.2. The lowest BCUT2D eigenvalue weighted by Crippen LogP contribution is -2.48. The second-order valence-corrected chi connectivity index (χ2v) is 11.3. The Bertz CT molecular complexity index is 1640. The van der Waals surface area contributed by atoms with Gasteiger partial charge in [-0.3, -0.25) is 9.59 Å². The molecule has 8 heteroatoms. The molecule has 2 unspecified atom stereocenters. The highest BCUT2D eigenvalue weighted by Gasteiger charge is 2.43. The lowest BCUT2D eigenvalue weighted by Gasteiger charge is -2.42. The Labute approximate surface area is 256 Å². The van der Waals surface area contributed by atoms with E-state index < -0.39 is 12.0 Å². The lowest BCUT2D eigenvalue weighted by atomic mass is 9.82. The molecule has 5 rings (SSSR count). The number of anilines is 1. The topological polar surface area (TPSA) is 59.1 Å². The molecular formula is C35H34ClFN2O4. The first kappa shape index (κ1) is 30.1. The van der Waals surface area contributed by atoms with Gasteiger partial charge in [0.15, 0.2) is 0 Å². The number of piperidine rings is 1. The molecule has 1 heterocycles. The van der Waals surface area contributed by atoms with Gasteiger partial charge in [0.2, 0.25) is 11.8 Å². The number of hydrogen-bond donors (Lipinski definition) is 0. The van der Waals surface area contributed by atoms with Gasteiger partial charge in [-0.2, -0.15) is 0 Å². The average Bonchev–Trinajstić information content (AvgIpc) is 3.00. The van der Waals surface area contributed by atoms with Crippen molar-refractivity contribution in [3.8, 4) is 17.2 Å². The van der Waals surface area contributed by atoms with Crippen LogP contribution in [0, 0.1) is 25.6 Å². The van der Waals surface area contributed by atoms with Gasteiger partial charge in [-0.25, -0.2) is 4.39 Å². The summed E-state index contributed by atoms with van der Waals surface area (Å²) in [7, 11) is 3.34. The maximum atomic E-state index is 14.3. The molecule has 43 heavy (non-hydrogen) atoms. The average molecular weight is 601 g/mol. The van der Waals surface area contributed by atoms with Crippen LogP contribution in [0.4, 0.5) is 10.1 Å². The number of rotatable bonds is 8. The van der Waals surface area contributed by atoms with Gasteiger partial charge >= 0.3 is 0 Å². The number of methoxy groups -OCH3 is 1. The zero-order chi connectivity index (χ0) is 30.7. The molecule has 2 amide bonds. The van der Waals surface area contributed by atoms with Gasteiger partial charge in [-0.1, -0.05) is 53.6 Å². The highest BCUT2D eigenvalue weighted by atomic mass is 35.5. The van der Waals surface area contributed by atoms with Crippen molar-refractivity contribution in [2.45, 2.75) is 39.3 Å². The summed E-state index contributed by atoms with van der Waals surface area (Å²) in [5, 5.41) is 0.474. The van der Waals surface area contributed by atoms with E-state index in [1.54, 1.807) is 55.1 Å². The van der Waals surface area contributed by atoms with E-state index in [2.05, 4.69) is 0 Å². The Morgan fingerprint density at radius 2 is 1.74 bits per heavy atom. The monoisotopic (exact) mass is 600 g/mol. The van der Waals surface area contributed by atoms with E-state index in [1.807, 2.05) is 61.5 Å². The predicted octanol–water partition coefficient (Wildman–Crippen LogP) is 8.04. The van der Waals surface area contributed by atoms with E-state index in [1.165, 1.54) is 6.07 Å². The number of aryl methyl sites for hydroxylation is 2. The van der Waals surface area contributed by atoms with E-state index in [0.717, 1.165) is 22.4 Å². The van der Waals surface area contributed by atoms with Crippen molar-refractivity contribution in [2.24, 2.45) is 5.92 Å². The van der Waals surface area contributed by atoms with E-state index in [9.17, 15) is 14.0 Å². The summed E-state index contributed by atoms with van der Waals surface area (Å²) in [4.78, 5) is 31.2. The second kappa shape index (κ2) is 12.9. The molecule has 2 atom stereocenters. The standard InChI is InChI=1S/C35H34ClFN2O4/c1-22-9-13-26(14-10-22)39-33(40)18-16-29(34(39)28-7-5-6-8-31(28)42-4)35(41)38(3)21-24-11-12-25(36)20-32(24)43-27-15-17-30(37)23(2)19-27/h5-15,17,19-20,29,34H,16,18,21H2,1-4H3. The molecule has 222 valence electrons. The smallest absolute Gasteiger partial charge is 0.228 e. The van der Waals surface area contributed by atoms with E-state index in [4.69, 9.17) is 21.1 Å². The van der Waals surface area contributed by atoms with Crippen molar-refractivity contribution in [3.63, 3.8) is 0 Å². The number of halogens is 2. The molecule has 6 nitrogen and oxygen atoms in total. The molecule has 0 bridgehead atoms. The van der Waals surface area contributed by atoms with Gasteiger partial charge in [-0.15, -0.1) is 0 Å². The number of nitrogens with zero attached hydrogens (tertiary/aromatic N) is 2. The van der Waals surface area contributed by atoms with Crippen LogP contribution in [0.5, 0.6) is 17.2 Å². The first-order chi connectivity index (χ1) is 20.7. The number of amides is 2. The molecule has 4 aromatic carbocycles. The summed E-state index contributed by atoms with van der Waals surface area (Å²) in [6, 6.07) is 24.5. The van der Waals surface area contributed by atoms with E-state index >= 15 is 0 Å². The molecule has 1 aliphatic rings. The van der Waals surface area contributed by atoms with Crippen molar-refractivity contribution in [3.05, 3.63) is 118 Å². The van der Waals surface area contributed by atoms with Crippen LogP contribution in [0.2, 0.25) is 5.02 Å². The normalized spacial score (nSPS) is 16.6. The number of benzene rings is 4. The third-order valence-corrected chi connectivity index (χ3v) is 8.09. The SMILES string of the molecule is COc1ccccc1C1C(C(=O)N(C)Cc2ccc(Cl)cc2Oc2ccc(F)c(C)c2)CCC(=O)N1c1ccc(C)cc1. The summed E-state index contributed by atoms with van der Waals surface area (Å²) >= 11 is 6.30. The molecule has 1 aliphatic heterocycles. The fraction of sp³-hybridized carbons (Fsp3) is 0.257. The number of carbonyl (C=O) groups is 2. The number of carbonyl (C=O) groups excluding carboxylic acids is 2. The summed E-state index contributed by atoms with van der Waals surface area (Å²) in [6.07, 6.45) is 0.634. The van der Waals surface area contributed by atoms with Crippen molar-refractivity contribution in [2.75, 3.05) is 19.1 Å². The van der Waals surface area contributed by atoms with Crippen LogP contribution in [-0.2, 0) is 16.1 Å². The fourth-order valence-electron chi connectivity index (χ4n) is 5.61.